The van der Waals surface area contributed by atoms with E-state index in [0.29, 0.717) is 16.1 Å². The van der Waals surface area contributed by atoms with Crippen molar-refractivity contribution in [2.24, 2.45) is 7.05 Å². The minimum Gasteiger partial charge on any atom is -0.351 e. The van der Waals surface area contributed by atoms with Crippen molar-refractivity contribution >= 4 is 45.3 Å². The maximum atomic E-state index is 13.3. The number of ketones is 1. The van der Waals surface area contributed by atoms with E-state index in [1.165, 1.54) is 6.08 Å². The fourth-order valence-corrected chi connectivity index (χ4v) is 4.24. The van der Waals surface area contributed by atoms with Crippen LogP contribution in [0.2, 0.25) is 5.02 Å². The second-order valence-electron chi connectivity index (χ2n) is 7.70. The van der Waals surface area contributed by atoms with Gasteiger partial charge in [0.25, 0.3) is 5.56 Å². The number of halogens is 1. The van der Waals surface area contributed by atoms with Gasteiger partial charge in [0.15, 0.2) is 5.78 Å². The number of nitrogens with zero attached hydrogens (tertiary/aromatic N) is 1. The molecule has 0 radical (unpaired) electrons. The van der Waals surface area contributed by atoms with E-state index in [-0.39, 0.29) is 11.3 Å². The topological polar surface area (TPSA) is 54.9 Å². The molecule has 3 aromatic carbocycles. The molecule has 0 amide bonds. The monoisotopic (exact) mass is 438 g/mol. The smallest absolute Gasteiger partial charge is 0.260 e. The molecule has 5 aromatic rings. The van der Waals surface area contributed by atoms with Crippen molar-refractivity contribution in [1.82, 2.24) is 9.55 Å². The first kappa shape index (κ1) is 20.0. The number of nitrogens with one attached hydrogen (secondary N) is 1. The Hall–Kier alpha value is -3.89. The van der Waals surface area contributed by atoms with Crippen molar-refractivity contribution < 1.29 is 4.79 Å². The van der Waals surface area contributed by atoms with Crippen LogP contribution in [0.25, 0.3) is 39.0 Å². The molecule has 2 aromatic heterocycles. The number of aryl methyl sites for hydroxylation is 1. The van der Waals surface area contributed by atoms with E-state index in [9.17, 15) is 9.59 Å². The Morgan fingerprint density at radius 1 is 1.00 bits per heavy atom. The van der Waals surface area contributed by atoms with Gasteiger partial charge >= 0.3 is 0 Å². The third-order valence-corrected chi connectivity index (χ3v) is 5.86. The second kappa shape index (κ2) is 7.98. The molecule has 0 spiro atoms. The summed E-state index contributed by atoms with van der Waals surface area (Å²) in [4.78, 5) is 29.1. The molecule has 4 nitrogen and oxygen atoms in total. The van der Waals surface area contributed by atoms with Crippen LogP contribution in [0.1, 0.15) is 15.9 Å². The predicted octanol–water partition coefficient (Wildman–Crippen LogP) is 6.24. The summed E-state index contributed by atoms with van der Waals surface area (Å²) in [7, 11) is 1.99. The number of benzene rings is 3. The average Bonchev–Trinajstić information content (AvgIpc) is 3.17. The molecule has 0 aliphatic carbocycles. The standard InChI is InChI=1S/C27H19ClN2O2/c1-30-14-13-19-15-17(7-11-23(19)30)8-12-24(31)26-25(18-5-3-2-4-6-18)21-16-20(28)9-10-22(21)29-27(26)32/h2-16H,1H3,(H,29,32). The Kier molecular flexibility index (Phi) is 5.00. The third kappa shape index (κ3) is 3.55. The summed E-state index contributed by atoms with van der Waals surface area (Å²) in [6, 6.07) is 22.7. The number of allylic oxidation sites excluding steroid dienone is 1. The van der Waals surface area contributed by atoms with E-state index < -0.39 is 5.56 Å². The molecule has 0 aliphatic heterocycles. The third-order valence-electron chi connectivity index (χ3n) is 5.62. The average molecular weight is 439 g/mol. The van der Waals surface area contributed by atoms with Gasteiger partial charge in [0.05, 0.1) is 5.56 Å². The number of aromatic amines is 1. The fraction of sp³-hybridized carbons (Fsp3) is 0.0370. The van der Waals surface area contributed by atoms with Crippen molar-refractivity contribution in [3.8, 4) is 11.1 Å². The lowest BCUT2D eigenvalue weighted by Crippen LogP contribution is -2.18. The molecule has 2 heterocycles. The van der Waals surface area contributed by atoms with Crippen LogP contribution in [0.15, 0.2) is 89.9 Å². The van der Waals surface area contributed by atoms with E-state index in [1.54, 1.807) is 24.3 Å². The van der Waals surface area contributed by atoms with Crippen molar-refractivity contribution in [3.05, 3.63) is 112 Å². The summed E-state index contributed by atoms with van der Waals surface area (Å²) in [6.07, 6.45) is 5.19. The van der Waals surface area contributed by atoms with Crippen LogP contribution >= 0.6 is 11.6 Å². The number of aromatic nitrogens is 2. The van der Waals surface area contributed by atoms with Crippen LogP contribution in [0, 0.1) is 0 Å². The van der Waals surface area contributed by atoms with Crippen molar-refractivity contribution in [3.63, 3.8) is 0 Å². The van der Waals surface area contributed by atoms with Gasteiger partial charge < -0.3 is 9.55 Å². The van der Waals surface area contributed by atoms with Crippen LogP contribution in [0.3, 0.4) is 0 Å². The van der Waals surface area contributed by atoms with E-state index in [1.807, 2.05) is 72.4 Å². The summed E-state index contributed by atoms with van der Waals surface area (Å²) in [5.41, 5.74) is 3.68. The number of hydrogen-bond donors (Lipinski definition) is 1. The number of H-pyrrole nitrogens is 1. The molecule has 0 atom stereocenters. The molecular weight excluding hydrogens is 420 g/mol. The van der Waals surface area contributed by atoms with Crippen molar-refractivity contribution in [2.75, 3.05) is 0 Å². The minimum atomic E-state index is -0.424. The molecule has 0 unspecified atom stereocenters. The van der Waals surface area contributed by atoms with Gasteiger partial charge in [0, 0.05) is 45.6 Å². The molecule has 0 saturated carbocycles. The van der Waals surface area contributed by atoms with Gasteiger partial charge in [-0.3, -0.25) is 9.59 Å². The van der Waals surface area contributed by atoms with Crippen LogP contribution < -0.4 is 5.56 Å². The molecule has 32 heavy (non-hydrogen) atoms. The summed E-state index contributed by atoms with van der Waals surface area (Å²) < 4.78 is 2.04. The molecule has 5 heteroatoms. The zero-order valence-electron chi connectivity index (χ0n) is 17.3. The quantitative estimate of drug-likeness (QED) is 0.267. The highest BCUT2D eigenvalue weighted by atomic mass is 35.5. The summed E-state index contributed by atoms with van der Waals surface area (Å²) in [6.45, 7) is 0. The highest BCUT2D eigenvalue weighted by molar-refractivity contribution is 6.31. The Balaban J connectivity index is 1.65. The molecule has 0 fully saturated rings. The summed E-state index contributed by atoms with van der Waals surface area (Å²) in [5, 5.41) is 2.35. The minimum absolute atomic E-state index is 0.100. The highest BCUT2D eigenvalue weighted by Gasteiger charge is 2.19. The lowest BCUT2D eigenvalue weighted by Gasteiger charge is -2.11. The molecule has 0 bridgehead atoms. The number of hydrogen-bond acceptors (Lipinski definition) is 2. The fourth-order valence-electron chi connectivity index (χ4n) is 4.06. The zero-order valence-corrected chi connectivity index (χ0v) is 18.1. The van der Waals surface area contributed by atoms with Crippen LogP contribution in [0.5, 0.6) is 0 Å². The number of carbonyl (C=O) groups is 1. The zero-order chi connectivity index (χ0) is 22.2. The molecule has 0 aliphatic rings. The predicted molar refractivity (Wildman–Crippen MR) is 131 cm³/mol. The van der Waals surface area contributed by atoms with Gasteiger partial charge in [-0.15, -0.1) is 0 Å². The molecule has 1 N–H and O–H groups in total. The van der Waals surface area contributed by atoms with Gasteiger partial charge in [0.2, 0.25) is 0 Å². The van der Waals surface area contributed by atoms with E-state index >= 15 is 0 Å². The first-order valence-corrected chi connectivity index (χ1v) is 10.6. The largest absolute Gasteiger partial charge is 0.351 e. The lowest BCUT2D eigenvalue weighted by molar-refractivity contribution is 0.104. The Morgan fingerprint density at radius 2 is 1.81 bits per heavy atom. The number of fused-ring (bicyclic) bond motifs is 2. The van der Waals surface area contributed by atoms with Crippen LogP contribution in [-0.2, 0) is 7.05 Å². The summed E-state index contributed by atoms with van der Waals surface area (Å²) >= 11 is 6.25. The molecular formula is C27H19ClN2O2. The van der Waals surface area contributed by atoms with E-state index in [0.717, 1.165) is 27.4 Å². The molecule has 156 valence electrons. The van der Waals surface area contributed by atoms with Crippen LogP contribution in [0.4, 0.5) is 0 Å². The van der Waals surface area contributed by atoms with E-state index in [2.05, 4.69) is 4.98 Å². The van der Waals surface area contributed by atoms with Gasteiger partial charge in [-0.1, -0.05) is 54.1 Å². The first-order valence-electron chi connectivity index (χ1n) is 10.2. The highest BCUT2D eigenvalue weighted by Crippen LogP contribution is 2.31. The Morgan fingerprint density at radius 3 is 2.62 bits per heavy atom. The SMILES string of the molecule is Cn1ccc2cc(C=CC(=O)c3c(-c4ccccc4)c4cc(Cl)ccc4[nH]c3=O)ccc21. The maximum Gasteiger partial charge on any atom is 0.260 e. The van der Waals surface area contributed by atoms with Gasteiger partial charge in [-0.2, -0.15) is 0 Å². The van der Waals surface area contributed by atoms with Gasteiger partial charge in [0.1, 0.15) is 0 Å². The number of rotatable bonds is 4. The second-order valence-corrected chi connectivity index (χ2v) is 8.14. The maximum absolute atomic E-state index is 13.3. The Bertz CT molecular complexity index is 1580. The lowest BCUT2D eigenvalue weighted by atomic mass is 9.94. The first-order chi connectivity index (χ1) is 15.5. The van der Waals surface area contributed by atoms with Gasteiger partial charge in [-0.25, -0.2) is 0 Å². The Labute approximate surface area is 189 Å². The van der Waals surface area contributed by atoms with Gasteiger partial charge in [-0.05, 0) is 53.6 Å². The summed E-state index contributed by atoms with van der Waals surface area (Å²) in [5.74, 6) is -0.361. The molecule has 5 rings (SSSR count). The normalized spacial score (nSPS) is 11.6. The van der Waals surface area contributed by atoms with Crippen molar-refractivity contribution in [1.29, 1.82) is 0 Å². The van der Waals surface area contributed by atoms with E-state index in [4.69, 9.17) is 11.6 Å². The molecule has 0 saturated heterocycles. The van der Waals surface area contributed by atoms with Crippen molar-refractivity contribution in [2.45, 2.75) is 0 Å². The van der Waals surface area contributed by atoms with Crippen LogP contribution in [-0.4, -0.2) is 15.3 Å². The number of carbonyl (C=O) groups excluding carboxylic acids is 1. The number of pyridine rings is 1.